The summed E-state index contributed by atoms with van der Waals surface area (Å²) in [6.07, 6.45) is -1.13. The molecular weight excluding hydrogens is 497 g/mol. The van der Waals surface area contributed by atoms with Crippen LogP contribution < -0.4 is 5.32 Å². The second-order valence-corrected chi connectivity index (χ2v) is 11.0. The molecule has 1 unspecified atom stereocenters. The first-order chi connectivity index (χ1) is 16.1. The lowest BCUT2D eigenvalue weighted by Crippen LogP contribution is -2.53. The highest BCUT2D eigenvalue weighted by Crippen LogP contribution is 2.26. The van der Waals surface area contributed by atoms with Crippen LogP contribution in [0.1, 0.15) is 58.3 Å². The number of amides is 3. The molecule has 1 fully saturated rings. The first kappa shape index (κ1) is 28.7. The number of benzene rings is 1. The Morgan fingerprint density at radius 1 is 0.886 bits per heavy atom. The van der Waals surface area contributed by atoms with Gasteiger partial charge in [-0.25, -0.2) is 9.59 Å². The highest BCUT2D eigenvalue weighted by Gasteiger charge is 2.33. The monoisotopic (exact) mass is 529 g/mol. The average Bonchev–Trinajstić information content (AvgIpc) is 2.70. The third kappa shape index (κ3) is 8.89. The summed E-state index contributed by atoms with van der Waals surface area (Å²) < 4.78 is 10.6. The second-order valence-electron chi connectivity index (χ2n) is 10.2. The molecule has 11 heteroatoms. The maximum Gasteiger partial charge on any atom is 0.408 e. The number of alkyl carbamates (subject to hydrolysis) is 1. The van der Waals surface area contributed by atoms with E-state index in [-0.39, 0.29) is 60.0 Å². The van der Waals surface area contributed by atoms with Gasteiger partial charge in [0.2, 0.25) is 5.91 Å². The predicted octanol–water partition coefficient (Wildman–Crippen LogP) is 3.90. The molecule has 1 heterocycles. The number of piperazine rings is 1. The van der Waals surface area contributed by atoms with Crippen molar-refractivity contribution in [1.82, 2.24) is 15.1 Å². The quantitative estimate of drug-likeness (QED) is 0.579. The largest absolute Gasteiger partial charge is 0.458 e. The summed E-state index contributed by atoms with van der Waals surface area (Å²) in [5.74, 6) is -1.41. The molecule has 0 saturated carbocycles. The van der Waals surface area contributed by atoms with Crippen molar-refractivity contribution >= 4 is 47.1 Å². The molecule has 1 aliphatic rings. The van der Waals surface area contributed by atoms with E-state index in [0.717, 1.165) is 0 Å². The van der Waals surface area contributed by atoms with Crippen molar-refractivity contribution in [2.24, 2.45) is 0 Å². The Morgan fingerprint density at radius 2 is 1.37 bits per heavy atom. The summed E-state index contributed by atoms with van der Waals surface area (Å²) in [7, 11) is 0. The summed E-state index contributed by atoms with van der Waals surface area (Å²) in [5.41, 5.74) is -1.36. The minimum absolute atomic E-state index is 0.224. The zero-order valence-corrected chi connectivity index (χ0v) is 22.5. The van der Waals surface area contributed by atoms with Crippen LogP contribution in [-0.2, 0) is 19.1 Å². The molecule has 35 heavy (non-hydrogen) atoms. The van der Waals surface area contributed by atoms with Crippen LogP contribution in [-0.4, -0.2) is 77.1 Å². The lowest BCUT2D eigenvalue weighted by Gasteiger charge is -2.35. The number of hydrogen-bond acceptors (Lipinski definition) is 6. The molecular formula is C24H33Cl2N3O6. The number of carbonyl (C=O) groups excluding carboxylic acids is 4. The Balaban J connectivity index is 2.04. The van der Waals surface area contributed by atoms with E-state index in [1.165, 1.54) is 4.90 Å². The molecule has 0 aliphatic carbocycles. The molecule has 9 nitrogen and oxygen atoms in total. The van der Waals surface area contributed by atoms with Crippen LogP contribution in [0.5, 0.6) is 0 Å². The van der Waals surface area contributed by atoms with Crippen molar-refractivity contribution in [3.8, 4) is 0 Å². The van der Waals surface area contributed by atoms with Gasteiger partial charge in [-0.1, -0.05) is 29.3 Å². The van der Waals surface area contributed by atoms with E-state index in [1.807, 2.05) is 0 Å². The Labute approximate surface area is 216 Å². The summed E-state index contributed by atoms with van der Waals surface area (Å²) >= 11 is 12.3. The number of esters is 1. The standard InChI is InChI=1S/C24H33Cl2N3O6/c1-23(2,3)34-21(32)17(27-22(33)35-24(4,5)6)14-18(30)28-10-12-29(13-11-28)20(31)19-15(25)8-7-9-16(19)26/h7-9,17H,10-14H2,1-6H3,(H,27,33). The Morgan fingerprint density at radius 3 is 1.86 bits per heavy atom. The Hall–Kier alpha value is -2.52. The topological polar surface area (TPSA) is 105 Å². The van der Waals surface area contributed by atoms with Gasteiger partial charge in [0.25, 0.3) is 5.91 Å². The fourth-order valence-corrected chi connectivity index (χ4v) is 3.90. The number of ether oxygens (including phenoxy) is 2. The molecule has 1 saturated heterocycles. The molecule has 3 amide bonds. The average molecular weight is 530 g/mol. The number of nitrogens with one attached hydrogen (secondary N) is 1. The van der Waals surface area contributed by atoms with Crippen LogP contribution in [0, 0.1) is 0 Å². The van der Waals surface area contributed by atoms with Gasteiger partial charge in [0.1, 0.15) is 17.2 Å². The minimum Gasteiger partial charge on any atom is -0.458 e. The van der Waals surface area contributed by atoms with Crippen LogP contribution in [0.4, 0.5) is 4.79 Å². The molecule has 0 aromatic heterocycles. The maximum absolute atomic E-state index is 13.0. The number of hydrogen-bond donors (Lipinski definition) is 1. The molecule has 1 aromatic rings. The number of nitrogens with zero attached hydrogens (tertiary/aromatic N) is 2. The van der Waals surface area contributed by atoms with Gasteiger partial charge in [-0.2, -0.15) is 0 Å². The van der Waals surface area contributed by atoms with Crippen molar-refractivity contribution in [2.45, 2.75) is 65.2 Å². The van der Waals surface area contributed by atoms with E-state index in [9.17, 15) is 19.2 Å². The molecule has 194 valence electrons. The fraction of sp³-hybridized carbons (Fsp3) is 0.583. The summed E-state index contributed by atoms with van der Waals surface area (Å²) in [5, 5.41) is 2.97. The van der Waals surface area contributed by atoms with Crippen molar-refractivity contribution < 1.29 is 28.7 Å². The van der Waals surface area contributed by atoms with Gasteiger partial charge in [0.15, 0.2) is 0 Å². The summed E-state index contributed by atoms with van der Waals surface area (Å²) in [6, 6.07) is 3.62. The SMILES string of the molecule is CC(C)(C)OC(=O)NC(CC(=O)N1CCN(C(=O)c2c(Cl)cccc2Cl)CC1)C(=O)OC(C)(C)C. The van der Waals surface area contributed by atoms with Crippen LogP contribution in [0.3, 0.4) is 0 Å². The van der Waals surface area contributed by atoms with Crippen molar-refractivity contribution in [3.63, 3.8) is 0 Å². The maximum atomic E-state index is 13.0. The van der Waals surface area contributed by atoms with Gasteiger partial charge >= 0.3 is 12.1 Å². The molecule has 0 bridgehead atoms. The fourth-order valence-electron chi connectivity index (χ4n) is 3.34. The smallest absolute Gasteiger partial charge is 0.408 e. The lowest BCUT2D eigenvalue weighted by atomic mass is 10.1. The van der Waals surface area contributed by atoms with Crippen molar-refractivity contribution in [3.05, 3.63) is 33.8 Å². The zero-order valence-electron chi connectivity index (χ0n) is 20.9. The van der Waals surface area contributed by atoms with Gasteiger partial charge in [0, 0.05) is 26.2 Å². The first-order valence-electron chi connectivity index (χ1n) is 11.3. The molecule has 1 aromatic carbocycles. The third-order valence-corrected chi connectivity index (χ3v) is 5.49. The van der Waals surface area contributed by atoms with Gasteiger partial charge in [-0.05, 0) is 53.7 Å². The molecule has 1 aliphatic heterocycles. The van der Waals surface area contributed by atoms with Gasteiger partial charge in [-0.3, -0.25) is 9.59 Å². The Kier molecular flexibility index (Phi) is 9.42. The number of halogens is 2. The zero-order chi connectivity index (χ0) is 26.6. The van der Waals surface area contributed by atoms with Crippen molar-refractivity contribution in [1.29, 1.82) is 0 Å². The summed E-state index contributed by atoms with van der Waals surface area (Å²) in [4.78, 5) is 53.9. The normalized spacial score (nSPS) is 15.3. The van der Waals surface area contributed by atoms with E-state index < -0.39 is 29.3 Å². The van der Waals surface area contributed by atoms with E-state index >= 15 is 0 Å². The van der Waals surface area contributed by atoms with Crippen LogP contribution in [0.25, 0.3) is 0 Å². The first-order valence-corrected chi connectivity index (χ1v) is 12.1. The van der Waals surface area contributed by atoms with Gasteiger partial charge < -0.3 is 24.6 Å². The van der Waals surface area contributed by atoms with Gasteiger partial charge in [0.05, 0.1) is 22.0 Å². The highest BCUT2D eigenvalue weighted by molar-refractivity contribution is 6.39. The molecule has 0 spiro atoms. The second kappa shape index (κ2) is 11.5. The van der Waals surface area contributed by atoms with E-state index in [0.29, 0.717) is 0 Å². The Bertz CT molecular complexity index is 943. The van der Waals surface area contributed by atoms with E-state index in [4.69, 9.17) is 32.7 Å². The number of carbonyl (C=O) groups is 4. The molecule has 0 radical (unpaired) electrons. The summed E-state index contributed by atoms with van der Waals surface area (Å²) in [6.45, 7) is 11.2. The van der Waals surface area contributed by atoms with Crippen molar-refractivity contribution in [2.75, 3.05) is 26.2 Å². The number of rotatable bonds is 5. The van der Waals surface area contributed by atoms with E-state index in [2.05, 4.69) is 5.32 Å². The minimum atomic E-state index is -1.22. The molecule has 1 atom stereocenters. The van der Waals surface area contributed by atoms with Gasteiger partial charge in [-0.15, -0.1) is 0 Å². The predicted molar refractivity (Wildman–Crippen MR) is 133 cm³/mol. The highest BCUT2D eigenvalue weighted by atomic mass is 35.5. The molecule has 2 rings (SSSR count). The lowest BCUT2D eigenvalue weighted by molar-refractivity contribution is -0.159. The van der Waals surface area contributed by atoms with E-state index in [1.54, 1.807) is 64.6 Å². The molecule has 1 N–H and O–H groups in total. The third-order valence-electron chi connectivity index (χ3n) is 4.86. The van der Waals surface area contributed by atoms with Crippen LogP contribution >= 0.6 is 23.2 Å². The van der Waals surface area contributed by atoms with Crippen LogP contribution in [0.2, 0.25) is 10.0 Å². The van der Waals surface area contributed by atoms with Crippen LogP contribution in [0.15, 0.2) is 18.2 Å².